The van der Waals surface area contributed by atoms with Crippen LogP contribution in [0.3, 0.4) is 0 Å². The van der Waals surface area contributed by atoms with Gasteiger partial charge in [0, 0.05) is 39.1 Å². The van der Waals surface area contributed by atoms with Crippen molar-refractivity contribution in [3.05, 3.63) is 30.1 Å². The number of benzene rings is 1. The second kappa shape index (κ2) is 9.92. The highest BCUT2D eigenvalue weighted by molar-refractivity contribution is 5.85. The first-order valence-corrected chi connectivity index (χ1v) is 9.79. The van der Waals surface area contributed by atoms with Crippen LogP contribution in [0.1, 0.15) is 31.5 Å². The zero-order valence-electron chi connectivity index (χ0n) is 16.4. The van der Waals surface area contributed by atoms with Crippen LogP contribution in [0, 0.1) is 5.92 Å². The van der Waals surface area contributed by atoms with Crippen molar-refractivity contribution in [2.45, 2.75) is 38.3 Å². The van der Waals surface area contributed by atoms with E-state index in [1.54, 1.807) is 0 Å². The molecule has 0 saturated carbocycles. The van der Waals surface area contributed by atoms with Gasteiger partial charge in [0.25, 0.3) is 0 Å². The molecule has 2 aliphatic heterocycles. The van der Waals surface area contributed by atoms with Crippen molar-refractivity contribution >= 4 is 41.8 Å². The number of hydrogen-bond donors (Lipinski definition) is 1. The summed E-state index contributed by atoms with van der Waals surface area (Å²) in [6, 6.07) is 8.71. The smallest absolute Gasteiger partial charge is 0.222 e. The van der Waals surface area contributed by atoms with Crippen LogP contribution in [0.15, 0.2) is 24.3 Å². The quantitative estimate of drug-likeness (QED) is 0.795. The van der Waals surface area contributed by atoms with Gasteiger partial charge < -0.3 is 15.2 Å². The first-order chi connectivity index (χ1) is 12.7. The van der Waals surface area contributed by atoms with E-state index in [4.69, 9.17) is 10.7 Å². The molecule has 0 unspecified atom stereocenters. The molecule has 1 aromatic carbocycles. The molecule has 156 valence electrons. The lowest BCUT2D eigenvalue weighted by Gasteiger charge is -2.47. The number of carbonyl (C=O) groups excluding carboxylic acids is 1. The van der Waals surface area contributed by atoms with Gasteiger partial charge in [-0.1, -0.05) is 12.1 Å². The fourth-order valence-electron chi connectivity index (χ4n) is 4.66. The largest absolute Gasteiger partial charge is 0.339 e. The van der Waals surface area contributed by atoms with Crippen LogP contribution in [-0.4, -0.2) is 57.5 Å². The molecule has 4 rings (SSSR count). The Labute approximate surface area is 179 Å². The number of halogens is 2. The molecule has 28 heavy (non-hydrogen) atoms. The Bertz CT molecular complexity index is 796. The van der Waals surface area contributed by atoms with Crippen molar-refractivity contribution in [1.82, 2.24) is 19.4 Å². The number of piperidine rings is 2. The number of hydrogen-bond acceptors (Lipinski definition) is 4. The summed E-state index contributed by atoms with van der Waals surface area (Å²) in [5.74, 6) is 2.02. The van der Waals surface area contributed by atoms with Gasteiger partial charge in [-0.25, -0.2) is 4.98 Å². The van der Waals surface area contributed by atoms with Crippen molar-refractivity contribution in [3.63, 3.8) is 0 Å². The molecule has 1 amide bonds. The fourth-order valence-corrected chi connectivity index (χ4v) is 4.66. The van der Waals surface area contributed by atoms with Gasteiger partial charge in [0.15, 0.2) is 0 Å². The lowest BCUT2D eigenvalue weighted by molar-refractivity contribution is -0.141. The molecular formula is C20H31Cl2N5O. The number of fused-ring (bicyclic) bond motifs is 2. The maximum absolute atomic E-state index is 12.3. The molecule has 0 spiro atoms. The summed E-state index contributed by atoms with van der Waals surface area (Å²) < 4.78 is 2.21. The van der Waals surface area contributed by atoms with E-state index in [9.17, 15) is 4.79 Å². The minimum absolute atomic E-state index is 0. The molecule has 2 N–H and O–H groups in total. The predicted octanol–water partition coefficient (Wildman–Crippen LogP) is 2.58. The number of rotatable bonds is 5. The third kappa shape index (κ3) is 4.46. The molecule has 0 bridgehead atoms. The standard InChI is InChI=1S/C20H29N5O.2ClH/c1-23-18-6-3-2-5-16(18)22-19(23)14-24-12-9-17-15(13-24)7-8-20(26)25(17)11-4-10-21;;/h2-3,5-6,15,17H,4,7-14,21H2,1H3;2*1H/t15-,17+;;/m0../s1. The highest BCUT2D eigenvalue weighted by Crippen LogP contribution is 2.32. The summed E-state index contributed by atoms with van der Waals surface area (Å²) >= 11 is 0. The zero-order valence-corrected chi connectivity index (χ0v) is 18.1. The summed E-state index contributed by atoms with van der Waals surface area (Å²) in [4.78, 5) is 21.8. The number of nitrogens with zero attached hydrogens (tertiary/aromatic N) is 4. The number of carbonyl (C=O) groups is 1. The van der Waals surface area contributed by atoms with E-state index in [1.165, 1.54) is 5.52 Å². The van der Waals surface area contributed by atoms with Crippen LogP contribution in [0.2, 0.25) is 0 Å². The predicted molar refractivity (Wildman–Crippen MR) is 117 cm³/mol. The van der Waals surface area contributed by atoms with Crippen molar-refractivity contribution in [2.75, 3.05) is 26.2 Å². The molecule has 8 heteroatoms. The minimum Gasteiger partial charge on any atom is -0.339 e. The first-order valence-electron chi connectivity index (χ1n) is 9.79. The van der Waals surface area contributed by atoms with Gasteiger partial charge in [-0.3, -0.25) is 9.69 Å². The molecule has 6 nitrogen and oxygen atoms in total. The van der Waals surface area contributed by atoms with Gasteiger partial charge >= 0.3 is 0 Å². The first kappa shape index (κ1) is 22.9. The number of likely N-dealkylation sites (tertiary alicyclic amines) is 2. The maximum atomic E-state index is 12.3. The lowest BCUT2D eigenvalue weighted by Crippen LogP contribution is -2.56. The molecule has 2 fully saturated rings. The maximum Gasteiger partial charge on any atom is 0.222 e. The van der Waals surface area contributed by atoms with Gasteiger partial charge in [-0.15, -0.1) is 24.8 Å². The normalized spacial score (nSPS) is 22.5. The highest BCUT2D eigenvalue weighted by Gasteiger charge is 2.39. The van der Waals surface area contributed by atoms with E-state index in [0.717, 1.165) is 56.8 Å². The van der Waals surface area contributed by atoms with E-state index in [2.05, 4.69) is 39.6 Å². The average Bonchev–Trinajstić information content (AvgIpc) is 2.97. The molecule has 2 aromatic rings. The second-order valence-corrected chi connectivity index (χ2v) is 7.70. The van der Waals surface area contributed by atoms with Crippen LogP contribution < -0.4 is 5.73 Å². The van der Waals surface area contributed by atoms with E-state index in [-0.39, 0.29) is 24.8 Å². The van der Waals surface area contributed by atoms with E-state index < -0.39 is 0 Å². The second-order valence-electron chi connectivity index (χ2n) is 7.70. The third-order valence-corrected chi connectivity index (χ3v) is 6.08. The summed E-state index contributed by atoms with van der Waals surface area (Å²) in [6.07, 6.45) is 3.66. The van der Waals surface area contributed by atoms with Gasteiger partial charge in [0.2, 0.25) is 5.91 Å². The highest BCUT2D eigenvalue weighted by atomic mass is 35.5. The van der Waals surface area contributed by atoms with Crippen molar-refractivity contribution in [3.8, 4) is 0 Å². The van der Waals surface area contributed by atoms with Gasteiger partial charge in [0.05, 0.1) is 17.6 Å². The number of aromatic nitrogens is 2. The zero-order chi connectivity index (χ0) is 18.1. The number of amides is 1. The van der Waals surface area contributed by atoms with Crippen molar-refractivity contribution in [1.29, 1.82) is 0 Å². The fraction of sp³-hybridized carbons (Fsp3) is 0.600. The van der Waals surface area contributed by atoms with E-state index in [0.29, 0.717) is 30.8 Å². The third-order valence-electron chi connectivity index (χ3n) is 6.08. The van der Waals surface area contributed by atoms with Crippen LogP contribution in [0.4, 0.5) is 0 Å². The number of nitrogens with two attached hydrogens (primary N) is 1. The number of imidazole rings is 1. The summed E-state index contributed by atoms with van der Waals surface area (Å²) in [6.45, 7) is 4.43. The Kier molecular flexibility index (Phi) is 8.13. The topological polar surface area (TPSA) is 67.4 Å². The summed E-state index contributed by atoms with van der Waals surface area (Å²) in [7, 11) is 2.10. The molecule has 1 aromatic heterocycles. The van der Waals surface area contributed by atoms with E-state index in [1.807, 2.05) is 6.07 Å². The van der Waals surface area contributed by atoms with Gasteiger partial charge in [-0.05, 0) is 43.9 Å². The molecule has 0 radical (unpaired) electrons. The SMILES string of the molecule is Cl.Cl.Cn1c(CN2CC[C@@H]3[C@@H](CCC(=O)N3CCCN)C2)nc2ccccc21. The molecule has 2 atom stereocenters. The van der Waals surface area contributed by atoms with Crippen LogP contribution >= 0.6 is 24.8 Å². The van der Waals surface area contributed by atoms with Crippen molar-refractivity contribution < 1.29 is 4.79 Å². The van der Waals surface area contributed by atoms with Crippen LogP contribution in [-0.2, 0) is 18.4 Å². The van der Waals surface area contributed by atoms with Gasteiger partial charge in [0.1, 0.15) is 5.82 Å². The number of aryl methyl sites for hydroxylation is 1. The summed E-state index contributed by atoms with van der Waals surface area (Å²) in [5.41, 5.74) is 7.91. The van der Waals surface area contributed by atoms with Crippen molar-refractivity contribution in [2.24, 2.45) is 18.7 Å². The van der Waals surface area contributed by atoms with Crippen LogP contribution in [0.25, 0.3) is 11.0 Å². The Balaban J connectivity index is 0.00000140. The molecule has 3 heterocycles. The average molecular weight is 428 g/mol. The Hall–Kier alpha value is -1.34. The minimum atomic E-state index is 0. The molecule has 2 aliphatic rings. The monoisotopic (exact) mass is 427 g/mol. The van der Waals surface area contributed by atoms with E-state index >= 15 is 0 Å². The molecular weight excluding hydrogens is 397 g/mol. The molecule has 2 saturated heterocycles. The Morgan fingerprint density at radius 1 is 1.21 bits per heavy atom. The van der Waals surface area contributed by atoms with Gasteiger partial charge in [-0.2, -0.15) is 0 Å². The molecule has 0 aliphatic carbocycles. The number of para-hydroxylation sites is 2. The lowest BCUT2D eigenvalue weighted by atomic mass is 9.83. The van der Waals surface area contributed by atoms with Crippen LogP contribution in [0.5, 0.6) is 0 Å². The Morgan fingerprint density at radius 3 is 2.75 bits per heavy atom. The Morgan fingerprint density at radius 2 is 2.00 bits per heavy atom. The summed E-state index contributed by atoms with van der Waals surface area (Å²) in [5, 5.41) is 0.